The van der Waals surface area contributed by atoms with E-state index in [9.17, 15) is 4.79 Å². The average Bonchev–Trinajstić information content (AvgIpc) is 3.27. The lowest BCUT2D eigenvalue weighted by Gasteiger charge is -2.29. The Labute approximate surface area is 162 Å². The second-order valence-corrected chi connectivity index (χ2v) is 7.67. The standard InChI is InChI=1S/C20H22N6O2/c27-20(19-9-18(25-28-19)13-1-2-13)24-15-3-5-16(6-4-15)26-11-14(10-23-26)17-7-8-21-12-22-17/h7-13,15-16H,1-6H2,(H,24,27). The number of hydrogen-bond donors (Lipinski definition) is 1. The average molecular weight is 378 g/mol. The molecule has 0 aliphatic heterocycles. The molecule has 2 aliphatic carbocycles. The molecule has 2 aliphatic rings. The van der Waals surface area contributed by atoms with E-state index in [0.717, 1.165) is 55.5 Å². The first-order valence-electron chi connectivity index (χ1n) is 9.84. The summed E-state index contributed by atoms with van der Waals surface area (Å²) < 4.78 is 7.24. The molecule has 0 radical (unpaired) electrons. The summed E-state index contributed by atoms with van der Waals surface area (Å²) in [7, 11) is 0. The second kappa shape index (κ2) is 7.18. The van der Waals surface area contributed by atoms with Crippen LogP contribution in [0.3, 0.4) is 0 Å². The van der Waals surface area contributed by atoms with Crippen molar-refractivity contribution in [3.8, 4) is 11.3 Å². The van der Waals surface area contributed by atoms with Gasteiger partial charge in [-0.2, -0.15) is 5.10 Å². The maximum Gasteiger partial charge on any atom is 0.290 e. The number of carbonyl (C=O) groups excluding carboxylic acids is 1. The summed E-state index contributed by atoms with van der Waals surface area (Å²) in [4.78, 5) is 20.6. The first kappa shape index (κ1) is 17.1. The molecule has 0 bridgehead atoms. The van der Waals surface area contributed by atoms with Crippen LogP contribution in [-0.2, 0) is 0 Å². The Morgan fingerprint density at radius 2 is 2.04 bits per heavy atom. The van der Waals surface area contributed by atoms with E-state index in [0.29, 0.717) is 17.7 Å². The first-order chi connectivity index (χ1) is 13.8. The van der Waals surface area contributed by atoms with Gasteiger partial charge in [0, 0.05) is 36.0 Å². The number of amides is 1. The minimum absolute atomic E-state index is 0.159. The molecule has 0 spiro atoms. The Hall–Kier alpha value is -3.03. The largest absolute Gasteiger partial charge is 0.351 e. The quantitative estimate of drug-likeness (QED) is 0.732. The van der Waals surface area contributed by atoms with Crippen molar-refractivity contribution in [3.05, 3.63) is 48.5 Å². The van der Waals surface area contributed by atoms with Gasteiger partial charge in [-0.3, -0.25) is 9.48 Å². The lowest BCUT2D eigenvalue weighted by Crippen LogP contribution is -2.37. The molecule has 28 heavy (non-hydrogen) atoms. The van der Waals surface area contributed by atoms with Gasteiger partial charge in [0.05, 0.1) is 23.6 Å². The van der Waals surface area contributed by atoms with Crippen molar-refractivity contribution >= 4 is 5.91 Å². The normalized spacial score (nSPS) is 22.1. The third-order valence-electron chi connectivity index (χ3n) is 5.63. The minimum atomic E-state index is -0.159. The van der Waals surface area contributed by atoms with Gasteiger partial charge in [0.15, 0.2) is 0 Å². The second-order valence-electron chi connectivity index (χ2n) is 7.67. The van der Waals surface area contributed by atoms with Gasteiger partial charge in [-0.15, -0.1) is 0 Å². The number of rotatable bonds is 5. The first-order valence-corrected chi connectivity index (χ1v) is 9.84. The maximum absolute atomic E-state index is 12.4. The highest BCUT2D eigenvalue weighted by Gasteiger charge is 2.29. The van der Waals surface area contributed by atoms with Crippen molar-refractivity contribution in [2.45, 2.75) is 56.5 Å². The van der Waals surface area contributed by atoms with Crippen molar-refractivity contribution in [3.63, 3.8) is 0 Å². The molecule has 0 saturated heterocycles. The number of carbonyl (C=O) groups is 1. The zero-order valence-electron chi connectivity index (χ0n) is 15.5. The predicted octanol–water partition coefficient (Wildman–Crippen LogP) is 3.12. The Bertz CT molecular complexity index is 954. The molecule has 1 amide bonds. The van der Waals surface area contributed by atoms with Crippen molar-refractivity contribution in [1.29, 1.82) is 0 Å². The highest BCUT2D eigenvalue weighted by molar-refractivity contribution is 5.91. The third-order valence-corrected chi connectivity index (χ3v) is 5.63. The van der Waals surface area contributed by atoms with Crippen molar-refractivity contribution in [2.24, 2.45) is 0 Å². The summed E-state index contributed by atoms with van der Waals surface area (Å²) >= 11 is 0. The van der Waals surface area contributed by atoms with Gasteiger partial charge >= 0.3 is 0 Å². The van der Waals surface area contributed by atoms with E-state index in [1.54, 1.807) is 18.6 Å². The summed E-state index contributed by atoms with van der Waals surface area (Å²) in [5, 5.41) is 11.6. The molecular formula is C20H22N6O2. The molecule has 3 aromatic heterocycles. The summed E-state index contributed by atoms with van der Waals surface area (Å²) in [5.74, 6) is 0.653. The van der Waals surface area contributed by atoms with E-state index in [1.165, 1.54) is 0 Å². The molecule has 1 N–H and O–H groups in total. The van der Waals surface area contributed by atoms with Gasteiger partial charge in [0.25, 0.3) is 5.91 Å². The van der Waals surface area contributed by atoms with Crippen LogP contribution in [-0.4, -0.2) is 36.9 Å². The molecule has 2 fully saturated rings. The molecule has 8 heteroatoms. The zero-order valence-corrected chi connectivity index (χ0v) is 15.5. The van der Waals surface area contributed by atoms with E-state index in [2.05, 4.69) is 25.5 Å². The summed E-state index contributed by atoms with van der Waals surface area (Å²) in [6.45, 7) is 0. The van der Waals surface area contributed by atoms with Crippen molar-refractivity contribution in [2.75, 3.05) is 0 Å². The number of hydrogen-bond acceptors (Lipinski definition) is 6. The van der Waals surface area contributed by atoms with Gasteiger partial charge in [-0.05, 0) is 44.6 Å². The SMILES string of the molecule is O=C(NC1CCC(n2cc(-c3ccncn3)cn2)CC1)c1cc(C2CC2)no1. The Morgan fingerprint density at radius 1 is 1.18 bits per heavy atom. The Balaban J connectivity index is 1.16. The van der Waals surface area contributed by atoms with Crippen LogP contribution in [0.5, 0.6) is 0 Å². The highest BCUT2D eigenvalue weighted by Crippen LogP contribution is 2.39. The third kappa shape index (κ3) is 3.54. The van der Waals surface area contributed by atoms with E-state index >= 15 is 0 Å². The van der Waals surface area contributed by atoms with Crippen LogP contribution in [0, 0.1) is 0 Å². The van der Waals surface area contributed by atoms with E-state index in [1.807, 2.05) is 23.1 Å². The fourth-order valence-electron chi connectivity index (χ4n) is 3.84. The minimum Gasteiger partial charge on any atom is -0.351 e. The van der Waals surface area contributed by atoms with Crippen LogP contribution in [0.4, 0.5) is 0 Å². The van der Waals surface area contributed by atoms with Crippen LogP contribution in [0.2, 0.25) is 0 Å². The number of nitrogens with zero attached hydrogens (tertiary/aromatic N) is 5. The van der Waals surface area contributed by atoms with Gasteiger partial charge in [-0.25, -0.2) is 9.97 Å². The fourth-order valence-corrected chi connectivity index (χ4v) is 3.84. The lowest BCUT2D eigenvalue weighted by molar-refractivity contribution is 0.0884. The van der Waals surface area contributed by atoms with Gasteiger partial charge in [0.1, 0.15) is 6.33 Å². The molecular weight excluding hydrogens is 356 g/mol. The molecule has 3 aromatic rings. The van der Waals surface area contributed by atoms with Gasteiger partial charge < -0.3 is 9.84 Å². The van der Waals surface area contributed by atoms with Crippen molar-refractivity contribution < 1.29 is 9.32 Å². The molecule has 0 atom stereocenters. The number of nitrogens with one attached hydrogen (secondary N) is 1. The van der Waals surface area contributed by atoms with Crippen LogP contribution < -0.4 is 5.32 Å². The van der Waals surface area contributed by atoms with E-state index in [-0.39, 0.29) is 11.9 Å². The van der Waals surface area contributed by atoms with E-state index in [4.69, 9.17) is 4.52 Å². The predicted molar refractivity (Wildman–Crippen MR) is 100 cm³/mol. The topological polar surface area (TPSA) is 98.7 Å². The molecule has 8 nitrogen and oxygen atoms in total. The summed E-state index contributed by atoms with van der Waals surface area (Å²) in [5.41, 5.74) is 2.78. The fraction of sp³-hybridized carbons (Fsp3) is 0.450. The lowest BCUT2D eigenvalue weighted by atomic mass is 9.91. The molecule has 0 unspecified atom stereocenters. The van der Waals surface area contributed by atoms with Crippen LogP contribution in [0.25, 0.3) is 11.3 Å². The van der Waals surface area contributed by atoms with Gasteiger partial charge in [-0.1, -0.05) is 5.16 Å². The molecule has 144 valence electrons. The maximum atomic E-state index is 12.4. The van der Waals surface area contributed by atoms with Crippen LogP contribution in [0.1, 0.15) is 66.7 Å². The summed E-state index contributed by atoms with van der Waals surface area (Å²) in [6, 6.07) is 4.17. The van der Waals surface area contributed by atoms with Crippen LogP contribution in [0.15, 0.2) is 41.6 Å². The smallest absolute Gasteiger partial charge is 0.290 e. The Kier molecular flexibility index (Phi) is 4.38. The molecule has 0 aromatic carbocycles. The monoisotopic (exact) mass is 378 g/mol. The molecule has 3 heterocycles. The molecule has 5 rings (SSSR count). The van der Waals surface area contributed by atoms with E-state index < -0.39 is 0 Å². The molecule has 2 saturated carbocycles. The summed E-state index contributed by atoms with van der Waals surface area (Å²) in [6.07, 6.45) is 13.2. The zero-order chi connectivity index (χ0) is 18.9. The Morgan fingerprint density at radius 3 is 2.79 bits per heavy atom. The number of aromatic nitrogens is 5. The van der Waals surface area contributed by atoms with Crippen LogP contribution >= 0.6 is 0 Å². The van der Waals surface area contributed by atoms with Gasteiger partial charge in [0.2, 0.25) is 5.76 Å². The highest BCUT2D eigenvalue weighted by atomic mass is 16.5. The van der Waals surface area contributed by atoms with Crippen molar-refractivity contribution in [1.82, 2.24) is 30.2 Å².